The van der Waals surface area contributed by atoms with Gasteiger partial charge in [-0.1, -0.05) is 32.9 Å². The molecule has 1 aromatic carbocycles. The normalized spacial score (nSPS) is 19.6. The molecule has 2 fully saturated rings. The van der Waals surface area contributed by atoms with Crippen LogP contribution in [0.3, 0.4) is 0 Å². The fourth-order valence-corrected chi connectivity index (χ4v) is 3.08. The van der Waals surface area contributed by atoms with Crippen molar-refractivity contribution in [1.29, 1.82) is 0 Å². The van der Waals surface area contributed by atoms with Gasteiger partial charge < -0.3 is 15.5 Å². The molecule has 0 bridgehead atoms. The lowest BCUT2D eigenvalue weighted by Crippen LogP contribution is -2.65. The summed E-state index contributed by atoms with van der Waals surface area (Å²) in [6, 6.07) is 8.23. The van der Waals surface area contributed by atoms with E-state index < -0.39 is 0 Å². The van der Waals surface area contributed by atoms with Gasteiger partial charge in [0, 0.05) is 37.9 Å². The number of carbonyl (C=O) groups excluding carboxylic acids is 2. The second-order valence-corrected chi connectivity index (χ2v) is 7.64. The minimum absolute atomic E-state index is 0.0723. The molecule has 6 nitrogen and oxygen atoms in total. The number of nitrogens with one attached hydrogen (secondary N) is 2. The Balaban J connectivity index is 1.49. The molecule has 130 valence electrons. The van der Waals surface area contributed by atoms with Crippen LogP contribution < -0.4 is 10.6 Å². The molecule has 3 amide bonds. The average molecular weight is 330 g/mol. The summed E-state index contributed by atoms with van der Waals surface area (Å²) < 4.78 is 0. The minimum Gasteiger partial charge on any atom is -0.354 e. The molecule has 0 saturated carbocycles. The lowest BCUT2D eigenvalue weighted by atomic mass is 9.87. The van der Waals surface area contributed by atoms with Gasteiger partial charge in [-0.3, -0.25) is 9.69 Å². The van der Waals surface area contributed by atoms with Crippen LogP contribution in [0.2, 0.25) is 0 Å². The Hall–Kier alpha value is -2.08. The lowest BCUT2D eigenvalue weighted by molar-refractivity contribution is -0.125. The maximum absolute atomic E-state index is 12.3. The number of nitrogens with zero attached hydrogens (tertiary/aromatic N) is 2. The highest BCUT2D eigenvalue weighted by atomic mass is 16.2. The molecule has 3 rings (SSSR count). The molecule has 0 unspecified atom stereocenters. The molecule has 0 radical (unpaired) electrons. The van der Waals surface area contributed by atoms with Crippen molar-refractivity contribution < 1.29 is 9.59 Å². The Kier molecular flexibility index (Phi) is 4.49. The van der Waals surface area contributed by atoms with Crippen molar-refractivity contribution in [2.24, 2.45) is 0 Å². The third-order valence-electron chi connectivity index (χ3n) is 4.74. The first kappa shape index (κ1) is 16.8. The highest BCUT2D eigenvalue weighted by Crippen LogP contribution is 2.24. The summed E-state index contributed by atoms with van der Waals surface area (Å²) in [6.07, 6.45) is 0. The van der Waals surface area contributed by atoms with Crippen molar-refractivity contribution in [2.75, 3.05) is 38.0 Å². The van der Waals surface area contributed by atoms with Crippen LogP contribution in [0.1, 0.15) is 26.3 Å². The van der Waals surface area contributed by atoms with Crippen LogP contribution in [-0.4, -0.2) is 60.5 Å². The van der Waals surface area contributed by atoms with Gasteiger partial charge in [-0.05, 0) is 23.1 Å². The van der Waals surface area contributed by atoms with Crippen LogP contribution >= 0.6 is 0 Å². The molecule has 2 aliphatic heterocycles. The fraction of sp³-hybridized carbons (Fsp3) is 0.556. The predicted molar refractivity (Wildman–Crippen MR) is 94.1 cm³/mol. The lowest BCUT2D eigenvalue weighted by Gasteiger charge is -2.46. The smallest absolute Gasteiger partial charge is 0.321 e. The monoisotopic (exact) mass is 330 g/mol. The van der Waals surface area contributed by atoms with Gasteiger partial charge in [0.1, 0.15) is 0 Å². The van der Waals surface area contributed by atoms with Crippen molar-refractivity contribution in [3.63, 3.8) is 0 Å². The fourth-order valence-electron chi connectivity index (χ4n) is 3.08. The summed E-state index contributed by atoms with van der Waals surface area (Å²) in [4.78, 5) is 27.7. The van der Waals surface area contributed by atoms with Gasteiger partial charge in [-0.25, -0.2) is 4.79 Å². The number of piperazine rings is 1. The second-order valence-electron chi connectivity index (χ2n) is 7.64. The Morgan fingerprint density at radius 2 is 1.88 bits per heavy atom. The van der Waals surface area contributed by atoms with Crippen LogP contribution in [0.4, 0.5) is 10.5 Å². The van der Waals surface area contributed by atoms with Crippen molar-refractivity contribution in [3.05, 3.63) is 29.8 Å². The van der Waals surface area contributed by atoms with Gasteiger partial charge in [0.15, 0.2) is 0 Å². The van der Waals surface area contributed by atoms with E-state index in [9.17, 15) is 9.59 Å². The number of carbonyl (C=O) groups is 2. The zero-order valence-corrected chi connectivity index (χ0v) is 14.6. The first-order chi connectivity index (χ1) is 11.3. The van der Waals surface area contributed by atoms with Crippen LogP contribution in [0.5, 0.6) is 0 Å². The summed E-state index contributed by atoms with van der Waals surface area (Å²) in [5.74, 6) is 0.0723. The molecule has 24 heavy (non-hydrogen) atoms. The number of urea groups is 1. The van der Waals surface area contributed by atoms with Crippen molar-refractivity contribution in [2.45, 2.75) is 32.2 Å². The molecule has 2 aliphatic rings. The summed E-state index contributed by atoms with van der Waals surface area (Å²) in [7, 11) is 0. The SMILES string of the molecule is CC(C)(C)c1ccc(NC(=O)N2CC(N3CCNC(=O)C3)C2)cc1. The standard InChI is InChI=1S/C18H26N4O2/c1-18(2,3)13-4-6-14(7-5-13)20-17(24)22-10-15(11-22)21-9-8-19-16(23)12-21/h4-7,15H,8-12H2,1-3H3,(H,19,23)(H,20,24). The summed E-state index contributed by atoms with van der Waals surface area (Å²) >= 11 is 0. The second kappa shape index (κ2) is 6.43. The number of rotatable bonds is 2. The third kappa shape index (κ3) is 3.70. The summed E-state index contributed by atoms with van der Waals surface area (Å²) in [5, 5.41) is 5.77. The van der Waals surface area contributed by atoms with E-state index >= 15 is 0 Å². The topological polar surface area (TPSA) is 64.7 Å². The number of benzene rings is 1. The van der Waals surface area contributed by atoms with E-state index in [1.165, 1.54) is 5.56 Å². The Labute approximate surface area is 143 Å². The van der Waals surface area contributed by atoms with Gasteiger partial charge in [-0.15, -0.1) is 0 Å². The Morgan fingerprint density at radius 1 is 1.21 bits per heavy atom. The molecule has 1 aromatic rings. The van der Waals surface area contributed by atoms with Crippen LogP contribution in [0.15, 0.2) is 24.3 Å². The number of likely N-dealkylation sites (tertiary alicyclic amines) is 1. The van der Waals surface area contributed by atoms with Crippen molar-refractivity contribution >= 4 is 17.6 Å². The molecule has 2 heterocycles. The average Bonchev–Trinajstić information content (AvgIpc) is 2.45. The summed E-state index contributed by atoms with van der Waals surface area (Å²) in [6.45, 7) is 9.86. The van der Waals surface area contributed by atoms with E-state index in [-0.39, 0.29) is 17.4 Å². The number of anilines is 1. The zero-order valence-electron chi connectivity index (χ0n) is 14.6. The molecule has 0 atom stereocenters. The Bertz CT molecular complexity index is 615. The molecule has 0 spiro atoms. The van der Waals surface area contributed by atoms with Crippen LogP contribution in [-0.2, 0) is 10.2 Å². The third-order valence-corrected chi connectivity index (χ3v) is 4.74. The van der Waals surface area contributed by atoms with Crippen molar-refractivity contribution in [1.82, 2.24) is 15.1 Å². The molecule has 0 aromatic heterocycles. The maximum atomic E-state index is 12.3. The van der Waals surface area contributed by atoms with Crippen LogP contribution in [0.25, 0.3) is 0 Å². The number of hydrogen-bond donors (Lipinski definition) is 2. The van der Waals surface area contributed by atoms with E-state index in [1.807, 2.05) is 12.1 Å². The van der Waals surface area contributed by atoms with Gasteiger partial charge in [0.25, 0.3) is 0 Å². The molecule has 2 saturated heterocycles. The minimum atomic E-state index is -0.0729. The van der Waals surface area contributed by atoms with E-state index in [0.29, 0.717) is 32.2 Å². The molecular weight excluding hydrogens is 304 g/mol. The molecule has 2 N–H and O–H groups in total. The van der Waals surface area contributed by atoms with Crippen LogP contribution in [0, 0.1) is 0 Å². The van der Waals surface area contributed by atoms with E-state index in [2.05, 4.69) is 48.4 Å². The van der Waals surface area contributed by atoms with E-state index in [0.717, 1.165) is 12.2 Å². The number of amides is 3. The first-order valence-electron chi connectivity index (χ1n) is 8.50. The maximum Gasteiger partial charge on any atom is 0.321 e. The zero-order chi connectivity index (χ0) is 17.3. The molecule has 0 aliphatic carbocycles. The predicted octanol–water partition coefficient (Wildman–Crippen LogP) is 1.63. The molecular formula is C18H26N4O2. The summed E-state index contributed by atoms with van der Waals surface area (Å²) in [5.41, 5.74) is 2.16. The quantitative estimate of drug-likeness (QED) is 0.866. The van der Waals surface area contributed by atoms with Crippen molar-refractivity contribution in [3.8, 4) is 0 Å². The highest BCUT2D eigenvalue weighted by molar-refractivity contribution is 5.90. The number of hydrogen-bond acceptors (Lipinski definition) is 3. The van der Waals surface area contributed by atoms with E-state index in [1.54, 1.807) is 4.90 Å². The largest absolute Gasteiger partial charge is 0.354 e. The first-order valence-corrected chi connectivity index (χ1v) is 8.50. The van der Waals surface area contributed by atoms with Gasteiger partial charge in [-0.2, -0.15) is 0 Å². The van der Waals surface area contributed by atoms with Gasteiger partial charge in [0.05, 0.1) is 6.54 Å². The molecule has 6 heteroatoms. The van der Waals surface area contributed by atoms with Gasteiger partial charge >= 0.3 is 6.03 Å². The highest BCUT2D eigenvalue weighted by Gasteiger charge is 2.36. The Morgan fingerprint density at radius 3 is 2.46 bits per heavy atom. The van der Waals surface area contributed by atoms with Gasteiger partial charge in [0.2, 0.25) is 5.91 Å². The van der Waals surface area contributed by atoms with E-state index in [4.69, 9.17) is 0 Å².